The number of nitrogens with zero attached hydrogens (tertiary/aromatic N) is 6. The van der Waals surface area contributed by atoms with E-state index in [1.54, 1.807) is 0 Å². The molecule has 0 spiro atoms. The summed E-state index contributed by atoms with van der Waals surface area (Å²) in [6, 6.07) is 0.872. The molecular weight excluding hydrogens is 336 g/mol. The van der Waals surface area contributed by atoms with Gasteiger partial charge in [0.1, 0.15) is 0 Å². The predicted molar refractivity (Wildman–Crippen MR) is 103 cm³/mol. The molecule has 1 aliphatic carbocycles. The van der Waals surface area contributed by atoms with Crippen molar-refractivity contribution in [3.05, 3.63) is 5.82 Å². The van der Waals surface area contributed by atoms with Gasteiger partial charge in [-0.25, -0.2) is 4.68 Å². The van der Waals surface area contributed by atoms with Crippen LogP contribution in [0.3, 0.4) is 0 Å². The molecule has 144 valence electrons. The molecule has 1 unspecified atom stereocenters. The fraction of sp³-hybridized carbons (Fsp3) is 0.944. The second-order valence-electron chi connectivity index (χ2n) is 7.89. The number of tetrazole rings is 1. The number of halogens is 1. The van der Waals surface area contributed by atoms with Gasteiger partial charge in [-0.2, -0.15) is 0 Å². The third-order valence-electron chi connectivity index (χ3n) is 5.73. The Labute approximate surface area is 158 Å². The fourth-order valence-electron chi connectivity index (χ4n) is 4.26. The van der Waals surface area contributed by atoms with Gasteiger partial charge >= 0.3 is 0 Å². The Balaban J connectivity index is 0.00000225. The number of likely N-dealkylation sites (N-methyl/N-ethyl adjacent to an activating group) is 1. The second-order valence-corrected chi connectivity index (χ2v) is 7.89. The first-order chi connectivity index (χ1) is 11.7. The van der Waals surface area contributed by atoms with E-state index in [1.807, 2.05) is 0 Å². The van der Waals surface area contributed by atoms with Crippen LogP contribution in [0.15, 0.2) is 0 Å². The van der Waals surface area contributed by atoms with Crippen LogP contribution < -0.4 is 0 Å². The average molecular weight is 371 g/mol. The Bertz CT molecular complexity index is 492. The van der Waals surface area contributed by atoms with Crippen LogP contribution in [0.4, 0.5) is 0 Å². The summed E-state index contributed by atoms with van der Waals surface area (Å²) in [5, 5.41) is 13.0. The molecule has 0 aromatic carbocycles. The SMILES string of the molecule is CCN1CCN(C(CC(C)C)c2nnnn2C2CCCCC2)CC1.Cl. The minimum atomic E-state index is 0. The van der Waals surface area contributed by atoms with Gasteiger partial charge in [0.05, 0.1) is 12.1 Å². The summed E-state index contributed by atoms with van der Waals surface area (Å²) in [7, 11) is 0. The standard InChI is InChI=1S/C18H34N6.ClH/c1-4-22-10-12-23(13-11-22)17(14-15(2)3)18-19-20-21-24(18)16-8-6-5-7-9-16;/h15-17H,4-14H2,1-3H3;1H. The van der Waals surface area contributed by atoms with Crippen LogP contribution >= 0.6 is 12.4 Å². The molecule has 1 aromatic rings. The Hall–Kier alpha value is -0.720. The van der Waals surface area contributed by atoms with Crippen molar-refractivity contribution >= 4 is 12.4 Å². The van der Waals surface area contributed by atoms with Crippen molar-refractivity contribution in [3.63, 3.8) is 0 Å². The van der Waals surface area contributed by atoms with E-state index in [0.29, 0.717) is 18.0 Å². The first-order valence-electron chi connectivity index (χ1n) is 9.93. The predicted octanol–water partition coefficient (Wildman–Crippen LogP) is 3.32. The van der Waals surface area contributed by atoms with Crippen molar-refractivity contribution in [2.75, 3.05) is 32.7 Å². The molecule has 1 saturated carbocycles. The van der Waals surface area contributed by atoms with E-state index < -0.39 is 0 Å². The maximum atomic E-state index is 4.51. The minimum Gasteiger partial charge on any atom is -0.301 e. The van der Waals surface area contributed by atoms with Crippen LogP contribution in [0.2, 0.25) is 0 Å². The van der Waals surface area contributed by atoms with Gasteiger partial charge in [-0.15, -0.1) is 17.5 Å². The normalized spacial score (nSPS) is 22.1. The van der Waals surface area contributed by atoms with E-state index >= 15 is 0 Å². The number of piperazine rings is 1. The van der Waals surface area contributed by atoms with E-state index in [4.69, 9.17) is 0 Å². The Morgan fingerprint density at radius 1 is 1.04 bits per heavy atom. The Morgan fingerprint density at radius 2 is 1.72 bits per heavy atom. The molecule has 2 aliphatic rings. The van der Waals surface area contributed by atoms with Crippen molar-refractivity contribution in [2.45, 2.75) is 71.4 Å². The van der Waals surface area contributed by atoms with Crippen LogP contribution in [0.25, 0.3) is 0 Å². The Kier molecular flexibility index (Phi) is 8.10. The second kappa shape index (κ2) is 9.83. The zero-order valence-corrected chi connectivity index (χ0v) is 16.9. The molecule has 3 rings (SSSR count). The fourth-order valence-corrected chi connectivity index (χ4v) is 4.26. The number of hydrogen-bond acceptors (Lipinski definition) is 5. The van der Waals surface area contributed by atoms with E-state index in [9.17, 15) is 0 Å². The highest BCUT2D eigenvalue weighted by atomic mass is 35.5. The first kappa shape index (κ1) is 20.6. The summed E-state index contributed by atoms with van der Waals surface area (Å²) in [6.07, 6.45) is 7.59. The lowest BCUT2D eigenvalue weighted by Gasteiger charge is -2.39. The highest BCUT2D eigenvalue weighted by molar-refractivity contribution is 5.85. The largest absolute Gasteiger partial charge is 0.301 e. The summed E-state index contributed by atoms with van der Waals surface area (Å²) >= 11 is 0. The highest BCUT2D eigenvalue weighted by Crippen LogP contribution is 2.33. The summed E-state index contributed by atoms with van der Waals surface area (Å²) in [5.74, 6) is 1.76. The molecule has 0 radical (unpaired) electrons. The van der Waals surface area contributed by atoms with Gasteiger partial charge in [0.2, 0.25) is 0 Å². The van der Waals surface area contributed by atoms with Gasteiger partial charge in [-0.3, -0.25) is 4.90 Å². The smallest absolute Gasteiger partial charge is 0.168 e. The molecule has 0 N–H and O–H groups in total. The molecule has 1 saturated heterocycles. The van der Waals surface area contributed by atoms with Gasteiger partial charge in [-0.05, 0) is 42.2 Å². The number of aromatic nitrogens is 4. The zero-order chi connectivity index (χ0) is 16.9. The van der Waals surface area contributed by atoms with Gasteiger partial charge in [-0.1, -0.05) is 40.0 Å². The third kappa shape index (κ3) is 5.14. The topological polar surface area (TPSA) is 50.1 Å². The number of rotatable bonds is 6. The first-order valence-corrected chi connectivity index (χ1v) is 9.93. The summed E-state index contributed by atoms with van der Waals surface area (Å²) in [5.41, 5.74) is 0. The van der Waals surface area contributed by atoms with Crippen molar-refractivity contribution in [2.24, 2.45) is 5.92 Å². The van der Waals surface area contributed by atoms with Gasteiger partial charge in [0.25, 0.3) is 0 Å². The maximum Gasteiger partial charge on any atom is 0.168 e. The molecule has 7 heteroatoms. The van der Waals surface area contributed by atoms with Crippen LogP contribution in [-0.4, -0.2) is 62.7 Å². The zero-order valence-electron chi connectivity index (χ0n) is 16.1. The van der Waals surface area contributed by atoms with Crippen LogP contribution in [-0.2, 0) is 0 Å². The Morgan fingerprint density at radius 3 is 2.32 bits per heavy atom. The van der Waals surface area contributed by atoms with Gasteiger partial charge in [0.15, 0.2) is 5.82 Å². The lowest BCUT2D eigenvalue weighted by Crippen LogP contribution is -2.48. The van der Waals surface area contributed by atoms with Crippen molar-refractivity contribution in [1.29, 1.82) is 0 Å². The van der Waals surface area contributed by atoms with Gasteiger partial charge in [0, 0.05) is 26.2 Å². The quantitative estimate of drug-likeness (QED) is 0.768. The van der Waals surface area contributed by atoms with E-state index in [0.717, 1.165) is 45.0 Å². The summed E-state index contributed by atoms with van der Waals surface area (Å²) < 4.78 is 2.18. The molecule has 1 atom stereocenters. The van der Waals surface area contributed by atoms with E-state index in [-0.39, 0.29) is 12.4 Å². The van der Waals surface area contributed by atoms with Crippen molar-refractivity contribution in [3.8, 4) is 0 Å². The average Bonchev–Trinajstić information content (AvgIpc) is 3.10. The molecule has 0 bridgehead atoms. The van der Waals surface area contributed by atoms with E-state index in [1.165, 1.54) is 32.1 Å². The molecule has 0 amide bonds. The van der Waals surface area contributed by atoms with Crippen LogP contribution in [0.5, 0.6) is 0 Å². The molecule has 25 heavy (non-hydrogen) atoms. The molecular formula is C18H35ClN6. The van der Waals surface area contributed by atoms with E-state index in [2.05, 4.69) is 50.8 Å². The van der Waals surface area contributed by atoms with Crippen LogP contribution in [0, 0.1) is 5.92 Å². The van der Waals surface area contributed by atoms with Crippen molar-refractivity contribution in [1.82, 2.24) is 30.0 Å². The molecule has 2 fully saturated rings. The monoisotopic (exact) mass is 370 g/mol. The molecule has 1 aliphatic heterocycles. The molecule has 1 aromatic heterocycles. The summed E-state index contributed by atoms with van der Waals surface area (Å²) in [4.78, 5) is 5.16. The molecule has 6 nitrogen and oxygen atoms in total. The lowest BCUT2D eigenvalue weighted by molar-refractivity contribution is 0.0815. The third-order valence-corrected chi connectivity index (χ3v) is 5.73. The van der Waals surface area contributed by atoms with Crippen LogP contribution in [0.1, 0.15) is 77.2 Å². The summed E-state index contributed by atoms with van der Waals surface area (Å²) in [6.45, 7) is 12.6. The van der Waals surface area contributed by atoms with Crippen molar-refractivity contribution < 1.29 is 0 Å². The minimum absolute atomic E-state index is 0. The lowest BCUT2D eigenvalue weighted by atomic mass is 9.94. The highest BCUT2D eigenvalue weighted by Gasteiger charge is 2.31. The maximum absolute atomic E-state index is 4.51. The number of hydrogen-bond donors (Lipinski definition) is 0. The molecule has 2 heterocycles. The van der Waals surface area contributed by atoms with Gasteiger partial charge < -0.3 is 4.90 Å².